The monoisotopic (exact) mass is 225 g/mol. The molecule has 1 N–H and O–H groups in total. The minimum absolute atomic E-state index is 0.0271. The normalized spacial score (nSPS) is 14.1. The molecule has 17 heavy (non-hydrogen) atoms. The molecule has 0 spiro atoms. The van der Waals surface area contributed by atoms with Gasteiger partial charge in [0.1, 0.15) is 0 Å². The van der Waals surface area contributed by atoms with Crippen LogP contribution in [0.2, 0.25) is 0 Å². The van der Waals surface area contributed by atoms with Crippen molar-refractivity contribution in [3.05, 3.63) is 54.4 Å². The van der Waals surface area contributed by atoms with Crippen LogP contribution in [-0.2, 0) is 0 Å². The van der Waals surface area contributed by atoms with Crippen LogP contribution < -0.4 is 10.2 Å². The predicted molar refractivity (Wildman–Crippen MR) is 65.2 cm³/mol. The summed E-state index contributed by atoms with van der Waals surface area (Å²) in [5.74, 6) is -0.0271. The van der Waals surface area contributed by atoms with Gasteiger partial charge >= 0.3 is 0 Å². The Hall–Kier alpha value is -2.36. The number of anilines is 2. The standard InChI is InChI=1S/C13H11N3O/c17-13-11-5-1-2-6-12(11)16(9-15-13)10-4-3-7-14-8-10/h1-8H,9H2,(H,15,17). The topological polar surface area (TPSA) is 45.2 Å². The molecule has 0 unspecified atom stereocenters. The highest BCUT2D eigenvalue weighted by Gasteiger charge is 2.22. The van der Waals surface area contributed by atoms with Gasteiger partial charge in [-0.25, -0.2) is 0 Å². The molecular formula is C13H11N3O. The third kappa shape index (κ3) is 1.63. The largest absolute Gasteiger partial charge is 0.334 e. The molecule has 0 radical (unpaired) electrons. The highest BCUT2D eigenvalue weighted by Crippen LogP contribution is 2.29. The summed E-state index contributed by atoms with van der Waals surface area (Å²) in [6, 6.07) is 11.4. The van der Waals surface area contributed by atoms with Crippen LogP contribution in [-0.4, -0.2) is 17.6 Å². The minimum Gasteiger partial charge on any atom is -0.334 e. The summed E-state index contributed by atoms with van der Waals surface area (Å²) >= 11 is 0. The molecule has 0 fully saturated rings. The average molecular weight is 225 g/mol. The Morgan fingerprint density at radius 3 is 2.88 bits per heavy atom. The summed E-state index contributed by atoms with van der Waals surface area (Å²) < 4.78 is 0. The number of amides is 1. The molecule has 1 aromatic heterocycles. The number of fused-ring (bicyclic) bond motifs is 1. The van der Waals surface area contributed by atoms with Gasteiger partial charge in [-0.3, -0.25) is 9.78 Å². The first-order chi connectivity index (χ1) is 8.36. The number of carbonyl (C=O) groups excluding carboxylic acids is 1. The second-order valence-corrected chi connectivity index (χ2v) is 3.82. The lowest BCUT2D eigenvalue weighted by molar-refractivity contribution is 0.0949. The quantitative estimate of drug-likeness (QED) is 0.806. The van der Waals surface area contributed by atoms with Crippen molar-refractivity contribution in [2.75, 3.05) is 11.6 Å². The number of para-hydroxylation sites is 1. The van der Waals surface area contributed by atoms with E-state index in [2.05, 4.69) is 10.3 Å². The zero-order chi connectivity index (χ0) is 11.7. The van der Waals surface area contributed by atoms with Crippen LogP contribution in [0.1, 0.15) is 10.4 Å². The number of carbonyl (C=O) groups is 1. The van der Waals surface area contributed by atoms with E-state index in [1.807, 2.05) is 41.3 Å². The van der Waals surface area contributed by atoms with Crippen molar-refractivity contribution < 1.29 is 4.79 Å². The molecule has 0 atom stereocenters. The van der Waals surface area contributed by atoms with E-state index >= 15 is 0 Å². The lowest BCUT2D eigenvalue weighted by Gasteiger charge is -2.30. The Balaban J connectivity index is 2.10. The van der Waals surface area contributed by atoms with Crippen LogP contribution in [0, 0.1) is 0 Å². The maximum Gasteiger partial charge on any atom is 0.254 e. The molecule has 0 saturated carbocycles. The molecule has 1 aliphatic rings. The Labute approximate surface area is 98.9 Å². The highest BCUT2D eigenvalue weighted by atomic mass is 16.2. The van der Waals surface area contributed by atoms with Gasteiger partial charge in [0.25, 0.3) is 5.91 Å². The second-order valence-electron chi connectivity index (χ2n) is 3.82. The molecular weight excluding hydrogens is 214 g/mol. The molecule has 1 aromatic carbocycles. The van der Waals surface area contributed by atoms with Crippen molar-refractivity contribution in [2.45, 2.75) is 0 Å². The van der Waals surface area contributed by atoms with E-state index in [4.69, 9.17) is 0 Å². The van der Waals surface area contributed by atoms with Gasteiger partial charge in [-0.15, -0.1) is 0 Å². The number of hydrogen-bond acceptors (Lipinski definition) is 3. The van der Waals surface area contributed by atoms with E-state index < -0.39 is 0 Å². The number of rotatable bonds is 1. The molecule has 0 bridgehead atoms. The van der Waals surface area contributed by atoms with E-state index in [1.54, 1.807) is 12.4 Å². The first-order valence-corrected chi connectivity index (χ1v) is 5.41. The van der Waals surface area contributed by atoms with E-state index in [0.717, 1.165) is 11.4 Å². The summed E-state index contributed by atoms with van der Waals surface area (Å²) in [4.78, 5) is 17.8. The fourth-order valence-corrected chi connectivity index (χ4v) is 1.98. The molecule has 4 heteroatoms. The Morgan fingerprint density at radius 1 is 1.18 bits per heavy atom. The summed E-state index contributed by atoms with van der Waals surface area (Å²) in [6.45, 7) is 0.474. The van der Waals surface area contributed by atoms with Gasteiger partial charge in [-0.05, 0) is 24.3 Å². The fraction of sp³-hybridized carbons (Fsp3) is 0.0769. The van der Waals surface area contributed by atoms with Crippen molar-refractivity contribution in [3.63, 3.8) is 0 Å². The van der Waals surface area contributed by atoms with Crippen molar-refractivity contribution >= 4 is 17.3 Å². The van der Waals surface area contributed by atoms with Crippen molar-refractivity contribution in [3.8, 4) is 0 Å². The lowest BCUT2D eigenvalue weighted by Crippen LogP contribution is -2.40. The van der Waals surface area contributed by atoms with E-state index in [1.165, 1.54) is 0 Å². The van der Waals surface area contributed by atoms with Crippen LogP contribution >= 0.6 is 0 Å². The number of aromatic nitrogens is 1. The van der Waals surface area contributed by atoms with E-state index in [-0.39, 0.29) is 5.91 Å². The number of nitrogens with zero attached hydrogens (tertiary/aromatic N) is 2. The van der Waals surface area contributed by atoms with E-state index in [0.29, 0.717) is 12.2 Å². The molecule has 2 aromatic rings. The first kappa shape index (κ1) is 9.84. The van der Waals surface area contributed by atoms with Gasteiger partial charge in [-0.1, -0.05) is 12.1 Å². The van der Waals surface area contributed by atoms with Crippen LogP contribution in [0.15, 0.2) is 48.8 Å². The van der Waals surface area contributed by atoms with E-state index in [9.17, 15) is 4.79 Å². The number of pyridine rings is 1. The maximum absolute atomic E-state index is 11.7. The Bertz CT molecular complexity index is 554. The summed E-state index contributed by atoms with van der Waals surface area (Å²) in [5, 5.41) is 2.85. The van der Waals surface area contributed by atoms with Gasteiger partial charge in [0.2, 0.25) is 0 Å². The van der Waals surface area contributed by atoms with Gasteiger partial charge in [0.05, 0.1) is 29.8 Å². The molecule has 1 amide bonds. The van der Waals surface area contributed by atoms with Crippen molar-refractivity contribution in [1.29, 1.82) is 0 Å². The number of nitrogens with one attached hydrogen (secondary N) is 1. The summed E-state index contributed by atoms with van der Waals surface area (Å²) in [6.07, 6.45) is 3.52. The maximum atomic E-state index is 11.7. The predicted octanol–water partition coefficient (Wildman–Crippen LogP) is 1.92. The second kappa shape index (κ2) is 3.90. The Kier molecular flexibility index (Phi) is 2.26. The van der Waals surface area contributed by atoms with Crippen LogP contribution in [0.5, 0.6) is 0 Å². The zero-order valence-electron chi connectivity index (χ0n) is 9.13. The fourth-order valence-electron chi connectivity index (χ4n) is 1.98. The SMILES string of the molecule is O=C1NCN(c2cccnc2)c2ccccc21. The third-order valence-electron chi connectivity index (χ3n) is 2.79. The molecule has 1 aliphatic heterocycles. The molecule has 84 valence electrons. The van der Waals surface area contributed by atoms with Crippen molar-refractivity contribution in [2.24, 2.45) is 0 Å². The molecule has 3 rings (SSSR count). The molecule has 0 aliphatic carbocycles. The van der Waals surface area contributed by atoms with Crippen LogP contribution in [0.3, 0.4) is 0 Å². The summed E-state index contributed by atoms with van der Waals surface area (Å²) in [7, 11) is 0. The van der Waals surface area contributed by atoms with Crippen LogP contribution in [0.4, 0.5) is 11.4 Å². The first-order valence-electron chi connectivity index (χ1n) is 5.41. The van der Waals surface area contributed by atoms with Gasteiger partial charge in [0.15, 0.2) is 0 Å². The molecule has 4 nitrogen and oxygen atoms in total. The minimum atomic E-state index is -0.0271. The average Bonchev–Trinajstić information content (AvgIpc) is 2.41. The van der Waals surface area contributed by atoms with Crippen LogP contribution in [0.25, 0.3) is 0 Å². The van der Waals surface area contributed by atoms with Gasteiger partial charge < -0.3 is 10.2 Å². The van der Waals surface area contributed by atoms with Gasteiger partial charge in [-0.2, -0.15) is 0 Å². The third-order valence-corrected chi connectivity index (χ3v) is 2.79. The smallest absolute Gasteiger partial charge is 0.254 e. The lowest BCUT2D eigenvalue weighted by atomic mass is 10.1. The number of hydrogen-bond donors (Lipinski definition) is 1. The summed E-state index contributed by atoms with van der Waals surface area (Å²) in [5.41, 5.74) is 2.59. The number of benzene rings is 1. The van der Waals surface area contributed by atoms with Crippen molar-refractivity contribution in [1.82, 2.24) is 10.3 Å². The molecule has 0 saturated heterocycles. The zero-order valence-corrected chi connectivity index (χ0v) is 9.13. The highest BCUT2D eigenvalue weighted by molar-refractivity contribution is 6.02. The van der Waals surface area contributed by atoms with Gasteiger partial charge in [0, 0.05) is 6.20 Å². The Morgan fingerprint density at radius 2 is 2.06 bits per heavy atom. The molecule has 2 heterocycles.